The number of hydrogen-bond donors (Lipinski definition) is 3. The van der Waals surface area contributed by atoms with Crippen LogP contribution < -0.4 is 10.6 Å². The van der Waals surface area contributed by atoms with E-state index in [1.807, 2.05) is 0 Å². The summed E-state index contributed by atoms with van der Waals surface area (Å²) in [6.07, 6.45) is 3.42. The number of fused-ring (bicyclic) bond motifs is 1. The molecule has 0 bridgehead atoms. The standard InChI is InChI=1S/C15H18N4/c1-4-12(11-8-17-9-11)15-13(5-1)14(18-19-15)10-3-2-6-16-7-10/h1,3-5,11,16-17H,2,6-9H2,(H,18,19). The number of hydrogen-bond acceptors (Lipinski definition) is 3. The molecule has 0 radical (unpaired) electrons. The van der Waals surface area contributed by atoms with Crippen molar-refractivity contribution in [3.8, 4) is 0 Å². The molecule has 3 N–H and O–H groups in total. The molecular weight excluding hydrogens is 236 g/mol. The maximum atomic E-state index is 4.58. The summed E-state index contributed by atoms with van der Waals surface area (Å²) in [6.45, 7) is 4.16. The minimum absolute atomic E-state index is 0.623. The van der Waals surface area contributed by atoms with Gasteiger partial charge in [-0.25, -0.2) is 0 Å². The number of nitrogens with one attached hydrogen (secondary N) is 3. The van der Waals surface area contributed by atoms with Crippen molar-refractivity contribution in [3.05, 3.63) is 35.5 Å². The molecule has 0 spiro atoms. The molecular formula is C15H18N4. The number of para-hydroxylation sites is 1. The molecule has 4 rings (SSSR count). The molecule has 2 aliphatic heterocycles. The second-order valence-electron chi connectivity index (χ2n) is 5.39. The van der Waals surface area contributed by atoms with Gasteiger partial charge < -0.3 is 10.6 Å². The molecule has 1 aromatic heterocycles. The molecule has 0 unspecified atom stereocenters. The van der Waals surface area contributed by atoms with Gasteiger partial charge in [0, 0.05) is 30.9 Å². The highest BCUT2D eigenvalue weighted by Crippen LogP contribution is 2.30. The number of aromatic nitrogens is 2. The Balaban J connectivity index is 1.83. The van der Waals surface area contributed by atoms with Crippen LogP contribution in [0.3, 0.4) is 0 Å². The van der Waals surface area contributed by atoms with Gasteiger partial charge in [0.05, 0.1) is 11.2 Å². The van der Waals surface area contributed by atoms with Gasteiger partial charge in [-0.3, -0.25) is 5.10 Å². The van der Waals surface area contributed by atoms with E-state index in [9.17, 15) is 0 Å². The number of rotatable bonds is 2. The van der Waals surface area contributed by atoms with Crippen LogP contribution in [0.15, 0.2) is 24.3 Å². The van der Waals surface area contributed by atoms with Crippen LogP contribution >= 0.6 is 0 Å². The Hall–Kier alpha value is -1.65. The number of benzene rings is 1. The van der Waals surface area contributed by atoms with Gasteiger partial charge in [-0.05, 0) is 24.1 Å². The normalized spacial score (nSPS) is 20.3. The lowest BCUT2D eigenvalue weighted by molar-refractivity contribution is 0.450. The number of nitrogens with zero attached hydrogens (tertiary/aromatic N) is 1. The van der Waals surface area contributed by atoms with Gasteiger partial charge in [0.2, 0.25) is 0 Å². The van der Waals surface area contributed by atoms with Crippen molar-refractivity contribution in [2.45, 2.75) is 12.3 Å². The van der Waals surface area contributed by atoms with Crippen LogP contribution in [0.4, 0.5) is 0 Å². The van der Waals surface area contributed by atoms with Crippen molar-refractivity contribution in [1.82, 2.24) is 20.8 Å². The smallest absolute Gasteiger partial charge is 0.0963 e. The lowest BCUT2D eigenvalue weighted by Gasteiger charge is -2.27. The van der Waals surface area contributed by atoms with Crippen molar-refractivity contribution in [3.63, 3.8) is 0 Å². The predicted octanol–water partition coefficient (Wildman–Crippen LogP) is 1.63. The van der Waals surface area contributed by atoms with Crippen LogP contribution in [0.1, 0.15) is 23.6 Å². The summed E-state index contributed by atoms with van der Waals surface area (Å²) in [4.78, 5) is 0. The second kappa shape index (κ2) is 4.47. The zero-order chi connectivity index (χ0) is 12.7. The zero-order valence-electron chi connectivity index (χ0n) is 10.9. The van der Waals surface area contributed by atoms with E-state index < -0.39 is 0 Å². The quantitative estimate of drug-likeness (QED) is 0.763. The summed E-state index contributed by atoms with van der Waals surface area (Å²) in [5, 5.41) is 15.8. The molecule has 2 aliphatic rings. The van der Waals surface area contributed by atoms with E-state index in [4.69, 9.17) is 0 Å². The molecule has 1 fully saturated rings. The maximum absolute atomic E-state index is 4.58. The molecule has 0 saturated carbocycles. The topological polar surface area (TPSA) is 52.7 Å². The SMILES string of the molecule is C1=C(c2[nH]nc3c(C4CNC4)cccc23)CNCC1. The summed E-state index contributed by atoms with van der Waals surface area (Å²) >= 11 is 0. The van der Waals surface area contributed by atoms with Crippen LogP contribution in [0.5, 0.6) is 0 Å². The Morgan fingerprint density at radius 1 is 1.16 bits per heavy atom. The Bertz CT molecular complexity index is 637. The summed E-state index contributed by atoms with van der Waals surface area (Å²) in [6, 6.07) is 6.55. The summed E-state index contributed by atoms with van der Waals surface area (Å²) in [5.41, 5.74) is 5.06. The highest BCUT2D eigenvalue weighted by Gasteiger charge is 2.23. The van der Waals surface area contributed by atoms with E-state index >= 15 is 0 Å². The Labute approximate surface area is 112 Å². The molecule has 1 aromatic carbocycles. The fourth-order valence-corrected chi connectivity index (χ4v) is 2.98. The van der Waals surface area contributed by atoms with Gasteiger partial charge in [-0.2, -0.15) is 5.10 Å². The molecule has 0 amide bonds. The summed E-state index contributed by atoms with van der Waals surface area (Å²) < 4.78 is 0. The van der Waals surface area contributed by atoms with Crippen LogP contribution in [-0.2, 0) is 0 Å². The predicted molar refractivity (Wildman–Crippen MR) is 77.2 cm³/mol. The zero-order valence-corrected chi connectivity index (χ0v) is 10.9. The lowest BCUT2D eigenvalue weighted by atomic mass is 9.91. The largest absolute Gasteiger partial charge is 0.315 e. The van der Waals surface area contributed by atoms with Crippen molar-refractivity contribution in [2.75, 3.05) is 26.2 Å². The van der Waals surface area contributed by atoms with Gasteiger partial charge in [-0.1, -0.05) is 24.3 Å². The van der Waals surface area contributed by atoms with Crippen LogP contribution in [0.2, 0.25) is 0 Å². The van der Waals surface area contributed by atoms with Crippen molar-refractivity contribution in [2.24, 2.45) is 0 Å². The molecule has 1 saturated heterocycles. The molecule has 19 heavy (non-hydrogen) atoms. The van der Waals surface area contributed by atoms with Crippen molar-refractivity contribution in [1.29, 1.82) is 0 Å². The average molecular weight is 254 g/mol. The first kappa shape index (κ1) is 11.2. The van der Waals surface area contributed by atoms with Gasteiger partial charge in [0.1, 0.15) is 0 Å². The monoisotopic (exact) mass is 254 g/mol. The second-order valence-corrected chi connectivity index (χ2v) is 5.39. The first-order chi connectivity index (χ1) is 9.43. The Kier molecular flexibility index (Phi) is 2.64. The third-order valence-electron chi connectivity index (χ3n) is 4.19. The molecule has 98 valence electrons. The number of aromatic amines is 1. The van der Waals surface area contributed by atoms with E-state index in [2.05, 4.69) is 45.1 Å². The van der Waals surface area contributed by atoms with E-state index in [1.165, 1.54) is 22.2 Å². The van der Waals surface area contributed by atoms with Gasteiger partial charge in [0.25, 0.3) is 0 Å². The molecule has 0 atom stereocenters. The van der Waals surface area contributed by atoms with Gasteiger partial charge in [0.15, 0.2) is 0 Å². The molecule has 0 aliphatic carbocycles. The summed E-state index contributed by atoms with van der Waals surface area (Å²) in [5.74, 6) is 0.623. The van der Waals surface area contributed by atoms with E-state index in [0.29, 0.717) is 5.92 Å². The first-order valence-corrected chi connectivity index (χ1v) is 7.01. The molecule has 3 heterocycles. The van der Waals surface area contributed by atoms with E-state index in [-0.39, 0.29) is 0 Å². The highest BCUT2D eigenvalue weighted by atomic mass is 15.1. The highest BCUT2D eigenvalue weighted by molar-refractivity contribution is 5.93. The lowest BCUT2D eigenvalue weighted by Crippen LogP contribution is -2.39. The van der Waals surface area contributed by atoms with Gasteiger partial charge >= 0.3 is 0 Å². The van der Waals surface area contributed by atoms with Crippen molar-refractivity contribution >= 4 is 16.5 Å². The van der Waals surface area contributed by atoms with E-state index in [1.54, 1.807) is 0 Å². The minimum atomic E-state index is 0.623. The average Bonchev–Trinajstić information content (AvgIpc) is 2.83. The van der Waals surface area contributed by atoms with Crippen LogP contribution in [0.25, 0.3) is 16.5 Å². The molecule has 4 nitrogen and oxygen atoms in total. The Morgan fingerprint density at radius 2 is 2.11 bits per heavy atom. The van der Waals surface area contributed by atoms with Gasteiger partial charge in [-0.15, -0.1) is 0 Å². The first-order valence-electron chi connectivity index (χ1n) is 7.01. The third kappa shape index (κ3) is 1.79. The van der Waals surface area contributed by atoms with E-state index in [0.717, 1.165) is 38.1 Å². The third-order valence-corrected chi connectivity index (χ3v) is 4.19. The summed E-state index contributed by atoms with van der Waals surface area (Å²) in [7, 11) is 0. The maximum Gasteiger partial charge on any atom is 0.0963 e. The van der Waals surface area contributed by atoms with Crippen molar-refractivity contribution < 1.29 is 0 Å². The Morgan fingerprint density at radius 3 is 2.84 bits per heavy atom. The minimum Gasteiger partial charge on any atom is -0.315 e. The van der Waals surface area contributed by atoms with Crippen LogP contribution in [0, 0.1) is 0 Å². The van der Waals surface area contributed by atoms with Crippen LogP contribution in [-0.4, -0.2) is 36.4 Å². The fourth-order valence-electron chi connectivity index (χ4n) is 2.98. The fraction of sp³-hybridized carbons (Fsp3) is 0.400. The molecule has 4 heteroatoms. The number of H-pyrrole nitrogens is 1. The molecule has 2 aromatic rings.